The van der Waals surface area contributed by atoms with Crippen LogP contribution in [-0.4, -0.2) is 27.5 Å². The van der Waals surface area contributed by atoms with E-state index in [4.69, 9.17) is 18.0 Å². The summed E-state index contributed by atoms with van der Waals surface area (Å²) in [6.45, 7) is 1.99. The van der Waals surface area contributed by atoms with Crippen LogP contribution in [-0.2, 0) is 0 Å². The van der Waals surface area contributed by atoms with Crippen LogP contribution >= 0.6 is 24.0 Å². The van der Waals surface area contributed by atoms with Gasteiger partial charge in [-0.1, -0.05) is 18.6 Å². The molecule has 104 valence electrons. The topological polar surface area (TPSA) is 50.9 Å². The molecule has 1 aromatic rings. The third-order valence-corrected chi connectivity index (χ3v) is 4.91. The highest BCUT2D eigenvalue weighted by Crippen LogP contribution is 2.29. The summed E-state index contributed by atoms with van der Waals surface area (Å²) in [5.41, 5.74) is 7.61. The molecule has 19 heavy (non-hydrogen) atoms. The van der Waals surface area contributed by atoms with Crippen LogP contribution in [0.2, 0.25) is 0 Å². The molecule has 1 fully saturated rings. The van der Waals surface area contributed by atoms with Gasteiger partial charge in [0.2, 0.25) is 0 Å². The quantitative estimate of drug-likeness (QED) is 0.836. The second-order valence-electron chi connectivity index (χ2n) is 5.08. The van der Waals surface area contributed by atoms with E-state index >= 15 is 0 Å². The van der Waals surface area contributed by atoms with Gasteiger partial charge < -0.3 is 11.1 Å². The summed E-state index contributed by atoms with van der Waals surface area (Å²) in [6, 6.07) is 4.39. The molecule has 0 aliphatic heterocycles. The van der Waals surface area contributed by atoms with Gasteiger partial charge in [-0.05, 0) is 44.6 Å². The molecule has 3 nitrogen and oxygen atoms in total. The van der Waals surface area contributed by atoms with Crippen LogP contribution in [0, 0.1) is 6.92 Å². The van der Waals surface area contributed by atoms with Gasteiger partial charge in [0.15, 0.2) is 0 Å². The van der Waals surface area contributed by atoms with Gasteiger partial charge in [-0.15, -0.1) is 0 Å². The average molecular weight is 295 g/mol. The Labute approximate surface area is 124 Å². The van der Waals surface area contributed by atoms with E-state index in [0.29, 0.717) is 11.0 Å². The number of aromatic nitrogens is 1. The molecule has 2 unspecified atom stereocenters. The standard InChI is InChI=1S/C14H21N3S2/c1-9-6-7-12(13(15)18)14(16-9)17-10-4-3-5-11(8-10)19-2/h6-7,10-11H,3-5,8H2,1-2H3,(H2,15,18)(H,16,17). The maximum atomic E-state index is 5.77. The van der Waals surface area contributed by atoms with Crippen LogP contribution < -0.4 is 11.1 Å². The Bertz CT molecular complexity index is 462. The number of nitrogens with two attached hydrogens (primary N) is 1. The first-order valence-corrected chi connectivity index (χ1v) is 8.36. The molecule has 2 atom stereocenters. The number of pyridine rings is 1. The molecule has 0 radical (unpaired) electrons. The molecule has 1 aliphatic carbocycles. The Hall–Kier alpha value is -0.810. The van der Waals surface area contributed by atoms with Crippen molar-refractivity contribution in [3.8, 4) is 0 Å². The number of rotatable bonds is 4. The lowest BCUT2D eigenvalue weighted by atomic mass is 9.95. The Morgan fingerprint density at radius 2 is 2.26 bits per heavy atom. The van der Waals surface area contributed by atoms with E-state index < -0.39 is 0 Å². The molecular formula is C14H21N3S2. The van der Waals surface area contributed by atoms with Crippen LogP contribution in [0.4, 0.5) is 5.82 Å². The molecule has 0 saturated heterocycles. The predicted molar refractivity (Wildman–Crippen MR) is 88.0 cm³/mol. The zero-order chi connectivity index (χ0) is 13.8. The molecule has 1 aromatic heterocycles. The molecule has 1 saturated carbocycles. The molecule has 1 aliphatic rings. The van der Waals surface area contributed by atoms with E-state index in [2.05, 4.69) is 16.6 Å². The molecule has 3 N–H and O–H groups in total. The van der Waals surface area contributed by atoms with Crippen molar-refractivity contribution in [3.05, 3.63) is 23.4 Å². The van der Waals surface area contributed by atoms with Crippen LogP contribution in [0.15, 0.2) is 12.1 Å². The van der Waals surface area contributed by atoms with Crippen molar-refractivity contribution < 1.29 is 0 Å². The fraction of sp³-hybridized carbons (Fsp3) is 0.571. The highest BCUT2D eigenvalue weighted by molar-refractivity contribution is 7.99. The first-order chi connectivity index (χ1) is 9.10. The lowest BCUT2D eigenvalue weighted by Gasteiger charge is -2.29. The molecule has 0 bridgehead atoms. The molecule has 2 rings (SSSR count). The molecular weight excluding hydrogens is 274 g/mol. The van der Waals surface area contributed by atoms with Gasteiger partial charge >= 0.3 is 0 Å². The highest BCUT2D eigenvalue weighted by atomic mass is 32.2. The van der Waals surface area contributed by atoms with Crippen LogP contribution in [0.25, 0.3) is 0 Å². The van der Waals surface area contributed by atoms with Gasteiger partial charge in [0, 0.05) is 17.0 Å². The van der Waals surface area contributed by atoms with E-state index in [1.807, 2.05) is 30.8 Å². The summed E-state index contributed by atoms with van der Waals surface area (Å²) in [5.74, 6) is 0.847. The number of nitrogens with one attached hydrogen (secondary N) is 1. The molecule has 5 heteroatoms. The van der Waals surface area contributed by atoms with E-state index in [1.54, 1.807) is 0 Å². The largest absolute Gasteiger partial charge is 0.389 e. The number of nitrogens with zero attached hydrogens (tertiary/aromatic N) is 1. The van der Waals surface area contributed by atoms with Crippen LogP contribution in [0.5, 0.6) is 0 Å². The summed E-state index contributed by atoms with van der Waals surface area (Å²) in [4.78, 5) is 4.96. The third kappa shape index (κ3) is 3.83. The summed E-state index contributed by atoms with van der Waals surface area (Å²) in [5, 5.41) is 4.30. The predicted octanol–water partition coefficient (Wildman–Crippen LogP) is 3.11. The number of thioether (sulfide) groups is 1. The van der Waals surface area contributed by atoms with E-state index in [-0.39, 0.29) is 0 Å². The second kappa shape index (κ2) is 6.57. The SMILES string of the molecule is CSC1CCCC(Nc2nc(C)ccc2C(N)=S)C1. The monoisotopic (exact) mass is 295 g/mol. The smallest absolute Gasteiger partial charge is 0.136 e. The van der Waals surface area contributed by atoms with Crippen molar-refractivity contribution >= 4 is 34.8 Å². The number of hydrogen-bond acceptors (Lipinski definition) is 4. The first kappa shape index (κ1) is 14.6. The minimum Gasteiger partial charge on any atom is -0.389 e. The maximum Gasteiger partial charge on any atom is 0.136 e. The molecule has 1 heterocycles. The summed E-state index contributed by atoms with van der Waals surface area (Å²) in [6.07, 6.45) is 7.18. The van der Waals surface area contributed by atoms with Crippen LogP contribution in [0.3, 0.4) is 0 Å². The second-order valence-corrected chi connectivity index (χ2v) is 6.66. The van der Waals surface area contributed by atoms with Gasteiger partial charge in [0.05, 0.1) is 5.56 Å². The van der Waals surface area contributed by atoms with Crippen molar-refractivity contribution in [2.45, 2.75) is 43.9 Å². The van der Waals surface area contributed by atoms with Gasteiger partial charge in [0.25, 0.3) is 0 Å². The normalized spacial score (nSPS) is 23.1. The zero-order valence-electron chi connectivity index (χ0n) is 11.5. The van der Waals surface area contributed by atoms with E-state index in [1.165, 1.54) is 25.7 Å². The first-order valence-electron chi connectivity index (χ1n) is 6.67. The lowest BCUT2D eigenvalue weighted by Crippen LogP contribution is -2.30. The Kier molecular flexibility index (Phi) is 5.05. The van der Waals surface area contributed by atoms with Gasteiger partial charge in [-0.2, -0.15) is 11.8 Å². The van der Waals surface area contributed by atoms with Crippen molar-refractivity contribution in [2.24, 2.45) is 5.73 Å². The summed E-state index contributed by atoms with van der Waals surface area (Å²) in [7, 11) is 0. The number of aryl methyl sites for hydroxylation is 1. The summed E-state index contributed by atoms with van der Waals surface area (Å²) < 4.78 is 0. The van der Waals surface area contributed by atoms with Crippen molar-refractivity contribution in [1.29, 1.82) is 0 Å². The lowest BCUT2D eigenvalue weighted by molar-refractivity contribution is 0.472. The van der Waals surface area contributed by atoms with E-state index in [9.17, 15) is 0 Å². The molecule has 0 aromatic carbocycles. The van der Waals surface area contributed by atoms with Gasteiger partial charge in [-0.3, -0.25) is 0 Å². The Morgan fingerprint density at radius 1 is 1.47 bits per heavy atom. The van der Waals surface area contributed by atoms with Gasteiger partial charge in [0.1, 0.15) is 10.8 Å². The molecule has 0 spiro atoms. The fourth-order valence-electron chi connectivity index (χ4n) is 2.55. The minimum absolute atomic E-state index is 0.409. The van der Waals surface area contributed by atoms with Crippen molar-refractivity contribution in [2.75, 3.05) is 11.6 Å². The Balaban J connectivity index is 2.13. The zero-order valence-corrected chi connectivity index (χ0v) is 13.1. The highest BCUT2D eigenvalue weighted by Gasteiger charge is 2.22. The molecule has 0 amide bonds. The van der Waals surface area contributed by atoms with E-state index in [0.717, 1.165) is 22.3 Å². The van der Waals surface area contributed by atoms with Crippen molar-refractivity contribution in [3.63, 3.8) is 0 Å². The van der Waals surface area contributed by atoms with Gasteiger partial charge in [-0.25, -0.2) is 4.98 Å². The average Bonchev–Trinajstić information content (AvgIpc) is 2.38. The number of thiocarbonyl (C=S) groups is 1. The Morgan fingerprint density at radius 3 is 2.95 bits per heavy atom. The fourth-order valence-corrected chi connectivity index (χ4v) is 3.54. The summed E-state index contributed by atoms with van der Waals surface area (Å²) >= 11 is 7.06. The van der Waals surface area contributed by atoms with Crippen LogP contribution in [0.1, 0.15) is 36.9 Å². The van der Waals surface area contributed by atoms with Crippen molar-refractivity contribution in [1.82, 2.24) is 4.98 Å². The number of anilines is 1. The minimum atomic E-state index is 0.409. The number of hydrogen-bond donors (Lipinski definition) is 2. The maximum absolute atomic E-state index is 5.77. The third-order valence-electron chi connectivity index (χ3n) is 3.60.